The minimum absolute atomic E-state index is 0.296. The molecule has 9 nitrogen and oxygen atoms in total. The Bertz CT molecular complexity index is 1860. The zero-order valence-corrected chi connectivity index (χ0v) is 32.6. The van der Waals surface area contributed by atoms with Crippen LogP contribution in [-0.4, -0.2) is 44.9 Å². The van der Waals surface area contributed by atoms with Crippen molar-refractivity contribution in [3.8, 4) is 45.6 Å². The summed E-state index contributed by atoms with van der Waals surface area (Å²) in [5, 5.41) is 0. The van der Waals surface area contributed by atoms with Crippen LogP contribution in [0.1, 0.15) is 133 Å². The molecule has 2 aromatic carbocycles. The fraction of sp³-hybridized carbons (Fsp3) is 0.488. The molecular weight excluding hydrogens is 619 g/mol. The van der Waals surface area contributed by atoms with Crippen LogP contribution in [0.3, 0.4) is 0 Å². The molecular formula is C41H53N9. The Labute approximate surface area is 298 Å². The second-order valence-electron chi connectivity index (χ2n) is 18.3. The lowest BCUT2D eigenvalue weighted by atomic mass is 9.92. The summed E-state index contributed by atoms with van der Waals surface area (Å²) in [4.78, 5) is 45.2. The molecule has 0 atom stereocenters. The van der Waals surface area contributed by atoms with Gasteiger partial charge in [-0.3, -0.25) is 0 Å². The van der Waals surface area contributed by atoms with Crippen LogP contribution < -0.4 is 0 Å². The van der Waals surface area contributed by atoms with E-state index in [1.165, 1.54) is 0 Å². The number of hydrogen-bond acceptors (Lipinski definition) is 9. The first-order valence-corrected chi connectivity index (χ1v) is 17.4. The van der Waals surface area contributed by atoms with Gasteiger partial charge in [-0.2, -0.15) is 0 Å². The van der Waals surface area contributed by atoms with Crippen LogP contribution in [0.25, 0.3) is 45.6 Å². The highest BCUT2D eigenvalue weighted by Gasteiger charge is 2.29. The normalized spacial score (nSPS) is 13.1. The maximum atomic E-state index is 5.07. The maximum Gasteiger partial charge on any atom is 0.163 e. The van der Waals surface area contributed by atoms with Gasteiger partial charge in [-0.1, -0.05) is 134 Å². The van der Waals surface area contributed by atoms with E-state index in [1.54, 1.807) is 0 Å². The predicted octanol–water partition coefficient (Wildman–Crippen LogP) is 9.40. The van der Waals surface area contributed by atoms with Crippen LogP contribution in [0.5, 0.6) is 0 Å². The first kappa shape index (κ1) is 36.7. The number of benzene rings is 2. The summed E-state index contributed by atoms with van der Waals surface area (Å²) in [5.41, 5.74) is 1.79. The van der Waals surface area contributed by atoms with Crippen LogP contribution in [0.15, 0.2) is 48.5 Å². The van der Waals surface area contributed by atoms with Gasteiger partial charge < -0.3 is 0 Å². The Hall–Kier alpha value is -4.53. The molecule has 5 aromatic rings. The molecule has 5 rings (SSSR count). The molecule has 0 aliphatic rings. The van der Waals surface area contributed by atoms with E-state index in [0.29, 0.717) is 29.1 Å². The minimum atomic E-state index is -0.323. The smallest absolute Gasteiger partial charge is 0.163 e. The van der Waals surface area contributed by atoms with Crippen LogP contribution in [0.4, 0.5) is 0 Å². The molecule has 0 amide bonds. The van der Waals surface area contributed by atoms with E-state index in [1.807, 2.05) is 30.3 Å². The fourth-order valence-corrected chi connectivity index (χ4v) is 4.92. The van der Waals surface area contributed by atoms with Gasteiger partial charge in [0.1, 0.15) is 29.1 Å². The van der Waals surface area contributed by atoms with Gasteiger partial charge in [-0.25, -0.2) is 44.9 Å². The quantitative estimate of drug-likeness (QED) is 0.184. The molecule has 0 saturated carbocycles. The second kappa shape index (κ2) is 12.7. The third-order valence-electron chi connectivity index (χ3n) is 8.00. The van der Waals surface area contributed by atoms with Gasteiger partial charge in [0, 0.05) is 49.3 Å². The van der Waals surface area contributed by atoms with Gasteiger partial charge in [0.25, 0.3) is 0 Å². The average Bonchev–Trinajstić information content (AvgIpc) is 3.02. The van der Waals surface area contributed by atoms with Crippen LogP contribution in [0.2, 0.25) is 0 Å². The van der Waals surface area contributed by atoms with Crippen molar-refractivity contribution >= 4 is 0 Å². The van der Waals surface area contributed by atoms with Crippen molar-refractivity contribution in [1.82, 2.24) is 44.9 Å². The number of rotatable bonds is 4. The molecule has 3 aromatic heterocycles. The van der Waals surface area contributed by atoms with Gasteiger partial charge in [-0.15, -0.1) is 0 Å². The van der Waals surface area contributed by atoms with Gasteiger partial charge in [0.2, 0.25) is 0 Å². The zero-order valence-electron chi connectivity index (χ0n) is 32.6. The lowest BCUT2D eigenvalue weighted by Crippen LogP contribution is -2.24. The summed E-state index contributed by atoms with van der Waals surface area (Å²) in [5.74, 6) is 5.93. The largest absolute Gasteiger partial charge is 0.217 e. The standard InChI is InChI=1S/C41H53N9/c1-37(2,3)32-43-28(24-19-17-16-18-20-24)42-29(44-32)25-21-26(30-45-33(38(4,5)6)49-34(46-30)39(7,8)9)23-27(22-25)31-47-35(40(10,11)12)50-36(48-31)41(13,14)15/h16-23H,1-15H3. The van der Waals surface area contributed by atoms with E-state index in [0.717, 1.165) is 45.6 Å². The van der Waals surface area contributed by atoms with Crippen molar-refractivity contribution < 1.29 is 0 Å². The summed E-state index contributed by atoms with van der Waals surface area (Å²) in [6, 6.07) is 16.2. The molecule has 0 spiro atoms. The molecule has 262 valence electrons. The number of nitrogens with zero attached hydrogens (tertiary/aromatic N) is 9. The molecule has 0 aliphatic heterocycles. The third kappa shape index (κ3) is 8.25. The topological polar surface area (TPSA) is 116 Å². The van der Waals surface area contributed by atoms with Crippen molar-refractivity contribution in [3.63, 3.8) is 0 Å². The molecule has 0 fully saturated rings. The summed E-state index contributed by atoms with van der Waals surface area (Å²) >= 11 is 0. The summed E-state index contributed by atoms with van der Waals surface area (Å²) < 4.78 is 0. The molecule has 0 radical (unpaired) electrons. The number of aromatic nitrogens is 9. The van der Waals surface area contributed by atoms with Crippen molar-refractivity contribution in [2.75, 3.05) is 0 Å². The van der Waals surface area contributed by atoms with Crippen molar-refractivity contribution in [2.45, 2.75) is 131 Å². The summed E-state index contributed by atoms with van der Waals surface area (Å²) in [6.07, 6.45) is 0. The second-order valence-corrected chi connectivity index (χ2v) is 18.3. The van der Waals surface area contributed by atoms with Crippen LogP contribution in [-0.2, 0) is 27.1 Å². The van der Waals surface area contributed by atoms with Crippen molar-refractivity contribution in [1.29, 1.82) is 0 Å². The van der Waals surface area contributed by atoms with Crippen molar-refractivity contribution in [3.05, 3.63) is 77.7 Å². The Morgan fingerprint density at radius 3 is 0.800 bits per heavy atom. The molecule has 0 aliphatic carbocycles. The molecule has 0 bridgehead atoms. The fourth-order valence-electron chi connectivity index (χ4n) is 4.92. The van der Waals surface area contributed by atoms with Gasteiger partial charge >= 0.3 is 0 Å². The van der Waals surface area contributed by atoms with E-state index >= 15 is 0 Å². The Morgan fingerprint density at radius 2 is 0.520 bits per heavy atom. The summed E-state index contributed by atoms with van der Waals surface area (Å²) in [6.45, 7) is 31.8. The van der Waals surface area contributed by atoms with Crippen LogP contribution >= 0.6 is 0 Å². The molecule has 3 heterocycles. The summed E-state index contributed by atoms with van der Waals surface area (Å²) in [7, 11) is 0. The van der Waals surface area contributed by atoms with E-state index < -0.39 is 0 Å². The first-order chi connectivity index (χ1) is 22.9. The Balaban J connectivity index is 1.88. The van der Waals surface area contributed by atoms with Crippen molar-refractivity contribution in [2.24, 2.45) is 0 Å². The van der Waals surface area contributed by atoms with Gasteiger partial charge in [0.15, 0.2) is 23.3 Å². The third-order valence-corrected chi connectivity index (χ3v) is 8.00. The first-order valence-electron chi connectivity index (χ1n) is 17.4. The molecule has 0 unspecified atom stereocenters. The average molecular weight is 672 g/mol. The minimum Gasteiger partial charge on any atom is -0.217 e. The van der Waals surface area contributed by atoms with E-state index in [2.05, 4.69) is 122 Å². The van der Waals surface area contributed by atoms with Crippen LogP contribution in [0, 0.1) is 0 Å². The monoisotopic (exact) mass is 671 g/mol. The van der Waals surface area contributed by atoms with E-state index in [4.69, 9.17) is 44.9 Å². The number of hydrogen-bond donors (Lipinski definition) is 0. The van der Waals surface area contributed by atoms with E-state index in [-0.39, 0.29) is 27.1 Å². The highest BCUT2D eigenvalue weighted by Crippen LogP contribution is 2.35. The lowest BCUT2D eigenvalue weighted by molar-refractivity contribution is 0.497. The predicted molar refractivity (Wildman–Crippen MR) is 202 cm³/mol. The molecule has 0 saturated heterocycles. The van der Waals surface area contributed by atoms with E-state index in [9.17, 15) is 0 Å². The zero-order chi connectivity index (χ0) is 37.0. The Kier molecular flexibility index (Phi) is 9.30. The molecule has 9 heteroatoms. The van der Waals surface area contributed by atoms with Gasteiger partial charge in [-0.05, 0) is 18.2 Å². The highest BCUT2D eigenvalue weighted by atomic mass is 15.1. The SMILES string of the molecule is CC(C)(C)c1nc(-c2ccccc2)nc(-c2cc(-c3nc(C(C)(C)C)nc(C(C)(C)C)n3)cc(-c3nc(C(C)(C)C)nc(C(C)(C)C)n3)c2)n1. The maximum absolute atomic E-state index is 5.07. The highest BCUT2D eigenvalue weighted by molar-refractivity contribution is 5.76. The van der Waals surface area contributed by atoms with Gasteiger partial charge in [0.05, 0.1) is 0 Å². The molecule has 0 N–H and O–H groups in total. The Morgan fingerprint density at radius 1 is 0.280 bits per heavy atom. The molecule has 50 heavy (non-hydrogen) atoms. The lowest BCUT2D eigenvalue weighted by Gasteiger charge is -2.23.